The highest BCUT2D eigenvalue weighted by molar-refractivity contribution is 5.96. The fraction of sp³-hybridized carbons (Fsp3) is 0.357. The molecule has 0 saturated carbocycles. The summed E-state index contributed by atoms with van der Waals surface area (Å²) in [5.41, 5.74) is 2.45. The van der Waals surface area contributed by atoms with Gasteiger partial charge >= 0.3 is 5.97 Å². The van der Waals surface area contributed by atoms with Crippen LogP contribution in [0.1, 0.15) is 28.4 Å². The fourth-order valence-electron chi connectivity index (χ4n) is 1.63. The van der Waals surface area contributed by atoms with Crippen LogP contribution in [0.2, 0.25) is 0 Å². The molecule has 1 amide bonds. The standard InChI is InChI=1S/C14H16N2O3/c1-9-4-10(2)6-12(5-9)14(18)16-8-13(17)19-11(3)7-15/h4-6,11H,8H2,1-3H3,(H,16,18). The summed E-state index contributed by atoms with van der Waals surface area (Å²) < 4.78 is 4.72. The Bertz CT molecular complexity index is 512. The van der Waals surface area contributed by atoms with Gasteiger partial charge in [0, 0.05) is 5.56 Å². The number of carbonyl (C=O) groups is 2. The average Bonchev–Trinajstić information content (AvgIpc) is 2.34. The molecule has 0 aliphatic heterocycles. The smallest absolute Gasteiger partial charge is 0.326 e. The molecule has 0 spiro atoms. The van der Waals surface area contributed by atoms with Crippen molar-refractivity contribution in [3.63, 3.8) is 0 Å². The number of nitrogens with one attached hydrogen (secondary N) is 1. The summed E-state index contributed by atoms with van der Waals surface area (Å²) in [5.74, 6) is -0.972. The molecule has 1 aromatic rings. The SMILES string of the molecule is Cc1cc(C)cc(C(=O)NCC(=O)OC(C)C#N)c1. The molecule has 1 unspecified atom stereocenters. The van der Waals surface area contributed by atoms with E-state index in [9.17, 15) is 9.59 Å². The second-order valence-electron chi connectivity index (χ2n) is 4.32. The summed E-state index contributed by atoms with van der Waals surface area (Å²) in [7, 11) is 0. The van der Waals surface area contributed by atoms with Gasteiger partial charge in [-0.3, -0.25) is 9.59 Å². The molecule has 0 aromatic heterocycles. The van der Waals surface area contributed by atoms with Crippen molar-refractivity contribution < 1.29 is 14.3 Å². The van der Waals surface area contributed by atoms with Crippen molar-refractivity contribution in [2.45, 2.75) is 26.9 Å². The Kier molecular flexibility index (Phi) is 5.07. The third-order valence-electron chi connectivity index (χ3n) is 2.37. The molecule has 0 aliphatic carbocycles. The second-order valence-corrected chi connectivity index (χ2v) is 4.32. The van der Waals surface area contributed by atoms with Gasteiger partial charge in [-0.1, -0.05) is 17.2 Å². The average molecular weight is 260 g/mol. The van der Waals surface area contributed by atoms with Gasteiger partial charge < -0.3 is 10.1 Å². The highest BCUT2D eigenvalue weighted by Crippen LogP contribution is 2.08. The van der Waals surface area contributed by atoms with Crippen molar-refractivity contribution >= 4 is 11.9 Å². The Labute approximate surface area is 112 Å². The Morgan fingerprint density at radius 1 is 1.32 bits per heavy atom. The van der Waals surface area contributed by atoms with Crippen LogP contribution in [0.15, 0.2) is 18.2 Å². The topological polar surface area (TPSA) is 79.2 Å². The van der Waals surface area contributed by atoms with E-state index in [1.165, 1.54) is 6.92 Å². The summed E-state index contributed by atoms with van der Waals surface area (Å²) >= 11 is 0. The molecular formula is C14H16N2O3. The van der Waals surface area contributed by atoms with Crippen LogP contribution in [0, 0.1) is 25.2 Å². The van der Waals surface area contributed by atoms with Gasteiger partial charge in [-0.05, 0) is 32.9 Å². The van der Waals surface area contributed by atoms with E-state index in [1.54, 1.807) is 18.2 Å². The first kappa shape index (κ1) is 14.7. The molecule has 0 aliphatic rings. The Morgan fingerprint density at radius 2 is 1.89 bits per heavy atom. The second kappa shape index (κ2) is 6.55. The highest BCUT2D eigenvalue weighted by Gasteiger charge is 2.11. The van der Waals surface area contributed by atoms with Gasteiger partial charge in [0.2, 0.25) is 0 Å². The number of amides is 1. The number of carbonyl (C=O) groups excluding carboxylic acids is 2. The van der Waals surface area contributed by atoms with Crippen molar-refractivity contribution in [3.8, 4) is 6.07 Å². The van der Waals surface area contributed by atoms with Crippen LogP contribution in [-0.4, -0.2) is 24.5 Å². The summed E-state index contributed by atoms with van der Waals surface area (Å²) in [4.78, 5) is 23.1. The summed E-state index contributed by atoms with van der Waals surface area (Å²) in [5, 5.41) is 10.9. The van der Waals surface area contributed by atoms with Gasteiger partial charge in [-0.25, -0.2) is 0 Å². The van der Waals surface area contributed by atoms with Gasteiger partial charge in [0.1, 0.15) is 12.6 Å². The third kappa shape index (κ3) is 4.80. The van der Waals surface area contributed by atoms with Crippen LogP contribution in [0.3, 0.4) is 0 Å². The monoisotopic (exact) mass is 260 g/mol. The van der Waals surface area contributed by atoms with Crippen molar-refractivity contribution in [1.82, 2.24) is 5.32 Å². The van der Waals surface area contributed by atoms with Crippen molar-refractivity contribution in [3.05, 3.63) is 34.9 Å². The molecular weight excluding hydrogens is 244 g/mol. The van der Waals surface area contributed by atoms with E-state index < -0.39 is 12.1 Å². The lowest BCUT2D eigenvalue weighted by Crippen LogP contribution is -2.32. The van der Waals surface area contributed by atoms with Crippen LogP contribution in [0.4, 0.5) is 0 Å². The van der Waals surface area contributed by atoms with Crippen molar-refractivity contribution in [2.24, 2.45) is 0 Å². The van der Waals surface area contributed by atoms with Crippen LogP contribution in [0.5, 0.6) is 0 Å². The highest BCUT2D eigenvalue weighted by atomic mass is 16.5. The maximum Gasteiger partial charge on any atom is 0.326 e. The molecule has 5 heteroatoms. The molecule has 0 heterocycles. The van der Waals surface area contributed by atoms with Gasteiger partial charge in [-0.15, -0.1) is 0 Å². The summed E-state index contributed by atoms with van der Waals surface area (Å²) in [6, 6.07) is 7.22. The number of rotatable bonds is 4. The van der Waals surface area contributed by atoms with E-state index in [1.807, 2.05) is 19.9 Å². The number of hydrogen-bond donors (Lipinski definition) is 1. The molecule has 0 saturated heterocycles. The van der Waals surface area contributed by atoms with E-state index in [4.69, 9.17) is 10.00 Å². The predicted molar refractivity (Wildman–Crippen MR) is 69.4 cm³/mol. The van der Waals surface area contributed by atoms with Gasteiger partial charge in [0.15, 0.2) is 6.10 Å². The van der Waals surface area contributed by atoms with Gasteiger partial charge in [0.05, 0.1) is 0 Å². The lowest BCUT2D eigenvalue weighted by atomic mass is 10.1. The first-order chi connectivity index (χ1) is 8.92. The molecule has 19 heavy (non-hydrogen) atoms. The number of nitriles is 1. The summed E-state index contributed by atoms with van der Waals surface area (Å²) in [6.07, 6.45) is -0.814. The zero-order valence-corrected chi connectivity index (χ0v) is 11.2. The van der Waals surface area contributed by atoms with Crippen LogP contribution < -0.4 is 5.32 Å². The molecule has 0 radical (unpaired) electrons. The van der Waals surface area contributed by atoms with Crippen LogP contribution >= 0.6 is 0 Å². The minimum atomic E-state index is -0.814. The number of hydrogen-bond acceptors (Lipinski definition) is 4. The normalized spacial score (nSPS) is 11.3. The first-order valence-corrected chi connectivity index (χ1v) is 5.88. The molecule has 0 bridgehead atoms. The van der Waals surface area contributed by atoms with E-state index in [-0.39, 0.29) is 12.5 Å². The molecule has 5 nitrogen and oxygen atoms in total. The number of nitrogens with zero attached hydrogens (tertiary/aromatic N) is 1. The van der Waals surface area contributed by atoms with Crippen molar-refractivity contribution in [2.75, 3.05) is 6.54 Å². The Morgan fingerprint density at radius 3 is 2.42 bits per heavy atom. The minimum absolute atomic E-state index is 0.252. The lowest BCUT2D eigenvalue weighted by Gasteiger charge is -2.08. The number of esters is 1. The van der Waals surface area contributed by atoms with Crippen LogP contribution in [0.25, 0.3) is 0 Å². The maximum atomic E-state index is 11.8. The van der Waals surface area contributed by atoms with E-state index in [2.05, 4.69) is 5.32 Å². The van der Waals surface area contributed by atoms with Crippen LogP contribution in [-0.2, 0) is 9.53 Å². The Balaban J connectivity index is 2.56. The molecule has 1 rings (SSSR count). The quantitative estimate of drug-likeness (QED) is 0.832. The predicted octanol–water partition coefficient (Wildman–Crippen LogP) is 1.49. The molecule has 100 valence electrons. The molecule has 1 atom stereocenters. The molecule has 1 N–H and O–H groups in total. The van der Waals surface area contributed by atoms with E-state index in [0.29, 0.717) is 5.56 Å². The zero-order valence-electron chi connectivity index (χ0n) is 11.2. The largest absolute Gasteiger partial charge is 0.446 e. The molecule has 1 aromatic carbocycles. The number of benzene rings is 1. The van der Waals surface area contributed by atoms with Crippen molar-refractivity contribution in [1.29, 1.82) is 5.26 Å². The number of aryl methyl sites for hydroxylation is 2. The van der Waals surface area contributed by atoms with E-state index in [0.717, 1.165) is 11.1 Å². The Hall–Kier alpha value is -2.35. The minimum Gasteiger partial charge on any atom is -0.446 e. The molecule has 0 fully saturated rings. The third-order valence-corrected chi connectivity index (χ3v) is 2.37. The number of ether oxygens (including phenoxy) is 1. The maximum absolute atomic E-state index is 11.8. The van der Waals surface area contributed by atoms with Gasteiger partial charge in [-0.2, -0.15) is 5.26 Å². The summed E-state index contributed by atoms with van der Waals surface area (Å²) in [6.45, 7) is 5.00. The van der Waals surface area contributed by atoms with E-state index >= 15 is 0 Å². The first-order valence-electron chi connectivity index (χ1n) is 5.88. The fourth-order valence-corrected chi connectivity index (χ4v) is 1.63. The zero-order chi connectivity index (χ0) is 14.4. The lowest BCUT2D eigenvalue weighted by molar-refractivity contribution is -0.144. The van der Waals surface area contributed by atoms with Gasteiger partial charge in [0.25, 0.3) is 5.91 Å².